The molecule has 0 amide bonds. The Morgan fingerprint density at radius 3 is 2.90 bits per heavy atom. The third-order valence-electron chi connectivity index (χ3n) is 3.88. The number of rotatable bonds is 6. The zero-order chi connectivity index (χ0) is 15.3. The molecule has 0 spiro atoms. The molecule has 6 heteroatoms. The van der Waals surface area contributed by atoms with E-state index in [1.165, 1.54) is 18.9 Å². The summed E-state index contributed by atoms with van der Waals surface area (Å²) in [5.41, 5.74) is 0.922. The average molecular weight is 312 g/mol. The van der Waals surface area contributed by atoms with Crippen LogP contribution in [0.5, 0.6) is 0 Å². The molecule has 1 heterocycles. The summed E-state index contributed by atoms with van der Waals surface area (Å²) in [5.74, 6) is 0. The van der Waals surface area contributed by atoms with E-state index in [0.717, 1.165) is 31.6 Å². The minimum atomic E-state index is -3.64. The molecule has 1 aromatic rings. The molecule has 1 aliphatic rings. The van der Waals surface area contributed by atoms with Crippen LogP contribution in [0.1, 0.15) is 44.2 Å². The molecule has 1 aromatic carbocycles. The van der Waals surface area contributed by atoms with Crippen molar-refractivity contribution in [3.8, 4) is 0 Å². The van der Waals surface area contributed by atoms with E-state index in [2.05, 4.69) is 5.32 Å². The molecular formula is C15H24N2O3S. The average Bonchev–Trinajstić information content (AvgIpc) is 2.47. The van der Waals surface area contributed by atoms with Crippen LogP contribution >= 0.6 is 0 Å². The van der Waals surface area contributed by atoms with Crippen molar-refractivity contribution >= 4 is 10.0 Å². The van der Waals surface area contributed by atoms with Crippen LogP contribution in [-0.2, 0) is 14.8 Å². The quantitative estimate of drug-likeness (QED) is 0.841. The molecule has 1 fully saturated rings. The Balaban J connectivity index is 1.86. The maximum Gasteiger partial charge on any atom is 0.238 e. The van der Waals surface area contributed by atoms with E-state index in [1.807, 2.05) is 13.0 Å². The molecule has 2 rings (SSSR count). The molecule has 2 unspecified atom stereocenters. The standard InChI is InChI=1S/C15H24N2O3S/c1-12(17-9-8-14-6-2-3-10-20-14)13-5-4-7-15(11-13)21(16,18)19/h4-5,7,11-12,14,17H,2-3,6,8-10H2,1H3,(H2,16,18,19). The summed E-state index contributed by atoms with van der Waals surface area (Å²) >= 11 is 0. The highest BCUT2D eigenvalue weighted by Crippen LogP contribution is 2.18. The summed E-state index contributed by atoms with van der Waals surface area (Å²) in [4.78, 5) is 0.157. The molecule has 21 heavy (non-hydrogen) atoms. The van der Waals surface area contributed by atoms with Gasteiger partial charge in [0.25, 0.3) is 0 Å². The van der Waals surface area contributed by atoms with Gasteiger partial charge in [-0.3, -0.25) is 0 Å². The van der Waals surface area contributed by atoms with Gasteiger partial charge in [-0.05, 0) is 56.8 Å². The zero-order valence-corrected chi connectivity index (χ0v) is 13.2. The molecule has 1 aliphatic heterocycles. The normalized spacial score (nSPS) is 21.1. The van der Waals surface area contributed by atoms with E-state index in [0.29, 0.717) is 6.10 Å². The first-order valence-electron chi connectivity index (χ1n) is 7.44. The number of sulfonamides is 1. The third kappa shape index (κ3) is 5.07. The third-order valence-corrected chi connectivity index (χ3v) is 4.79. The predicted molar refractivity (Wildman–Crippen MR) is 82.4 cm³/mol. The Hall–Kier alpha value is -0.950. The topological polar surface area (TPSA) is 81.4 Å². The lowest BCUT2D eigenvalue weighted by Gasteiger charge is -2.23. The van der Waals surface area contributed by atoms with Crippen molar-refractivity contribution in [2.24, 2.45) is 5.14 Å². The number of hydrogen-bond acceptors (Lipinski definition) is 4. The number of primary sulfonamides is 1. The minimum Gasteiger partial charge on any atom is -0.378 e. The van der Waals surface area contributed by atoms with Crippen molar-refractivity contribution in [1.82, 2.24) is 5.32 Å². The molecule has 0 bridgehead atoms. The van der Waals surface area contributed by atoms with Crippen LogP contribution < -0.4 is 10.5 Å². The van der Waals surface area contributed by atoms with E-state index in [9.17, 15) is 8.42 Å². The van der Waals surface area contributed by atoms with Gasteiger partial charge in [0.1, 0.15) is 0 Å². The maximum atomic E-state index is 11.4. The van der Waals surface area contributed by atoms with E-state index >= 15 is 0 Å². The molecule has 0 aliphatic carbocycles. The van der Waals surface area contributed by atoms with Crippen LogP contribution in [0.2, 0.25) is 0 Å². The van der Waals surface area contributed by atoms with Crippen molar-refractivity contribution < 1.29 is 13.2 Å². The number of nitrogens with two attached hydrogens (primary N) is 1. The van der Waals surface area contributed by atoms with Gasteiger partial charge in [-0.2, -0.15) is 0 Å². The van der Waals surface area contributed by atoms with Gasteiger partial charge in [-0.25, -0.2) is 13.6 Å². The molecule has 1 saturated heterocycles. The lowest BCUT2D eigenvalue weighted by molar-refractivity contribution is 0.0112. The monoisotopic (exact) mass is 312 g/mol. The number of ether oxygens (including phenoxy) is 1. The minimum absolute atomic E-state index is 0.0790. The maximum absolute atomic E-state index is 11.4. The highest BCUT2D eigenvalue weighted by molar-refractivity contribution is 7.89. The van der Waals surface area contributed by atoms with Gasteiger partial charge in [0, 0.05) is 12.6 Å². The van der Waals surface area contributed by atoms with Gasteiger partial charge >= 0.3 is 0 Å². The first kappa shape index (κ1) is 16.4. The van der Waals surface area contributed by atoms with Gasteiger partial charge in [-0.15, -0.1) is 0 Å². The Labute approximate surface area is 126 Å². The Morgan fingerprint density at radius 1 is 1.43 bits per heavy atom. The van der Waals surface area contributed by atoms with Crippen molar-refractivity contribution in [1.29, 1.82) is 0 Å². The van der Waals surface area contributed by atoms with Gasteiger partial charge in [0.15, 0.2) is 0 Å². The first-order chi connectivity index (χ1) is 9.97. The second kappa shape index (κ2) is 7.35. The molecule has 2 atom stereocenters. The van der Waals surface area contributed by atoms with Gasteiger partial charge < -0.3 is 10.1 Å². The molecule has 0 radical (unpaired) electrons. The second-order valence-electron chi connectivity index (χ2n) is 5.57. The highest BCUT2D eigenvalue weighted by Gasteiger charge is 2.15. The van der Waals surface area contributed by atoms with Crippen LogP contribution in [0.25, 0.3) is 0 Å². The molecule has 118 valence electrons. The smallest absolute Gasteiger partial charge is 0.238 e. The first-order valence-corrected chi connectivity index (χ1v) is 8.99. The van der Waals surface area contributed by atoms with E-state index in [1.54, 1.807) is 12.1 Å². The van der Waals surface area contributed by atoms with Crippen LogP contribution in [0, 0.1) is 0 Å². The highest BCUT2D eigenvalue weighted by atomic mass is 32.2. The number of benzene rings is 1. The summed E-state index contributed by atoms with van der Waals surface area (Å²) in [6.45, 7) is 3.74. The van der Waals surface area contributed by atoms with Crippen molar-refractivity contribution in [3.63, 3.8) is 0 Å². The zero-order valence-electron chi connectivity index (χ0n) is 12.4. The van der Waals surface area contributed by atoms with Gasteiger partial charge in [0.2, 0.25) is 10.0 Å². The van der Waals surface area contributed by atoms with Crippen LogP contribution in [0.15, 0.2) is 29.2 Å². The Kier molecular flexibility index (Phi) is 5.75. The Bertz CT molecular complexity index is 554. The number of hydrogen-bond donors (Lipinski definition) is 2. The Morgan fingerprint density at radius 2 is 2.24 bits per heavy atom. The molecule has 0 aromatic heterocycles. The fourth-order valence-corrected chi connectivity index (χ4v) is 3.14. The van der Waals surface area contributed by atoms with Crippen LogP contribution in [0.3, 0.4) is 0 Å². The summed E-state index contributed by atoms with van der Waals surface area (Å²) < 4.78 is 28.4. The van der Waals surface area contributed by atoms with E-state index < -0.39 is 10.0 Å². The van der Waals surface area contributed by atoms with Crippen molar-refractivity contribution in [3.05, 3.63) is 29.8 Å². The molecule has 0 saturated carbocycles. The SMILES string of the molecule is CC(NCCC1CCCCO1)c1cccc(S(N)(=O)=O)c1. The molecule has 5 nitrogen and oxygen atoms in total. The van der Waals surface area contributed by atoms with Crippen LogP contribution in [-0.4, -0.2) is 27.7 Å². The summed E-state index contributed by atoms with van der Waals surface area (Å²) in [6.07, 6.45) is 4.89. The summed E-state index contributed by atoms with van der Waals surface area (Å²) in [7, 11) is -3.64. The second-order valence-corrected chi connectivity index (χ2v) is 7.13. The van der Waals surface area contributed by atoms with Crippen molar-refractivity contribution in [2.45, 2.75) is 49.6 Å². The van der Waals surface area contributed by atoms with Crippen molar-refractivity contribution in [2.75, 3.05) is 13.2 Å². The summed E-state index contributed by atoms with van der Waals surface area (Å²) in [5, 5.41) is 8.57. The summed E-state index contributed by atoms with van der Waals surface area (Å²) in [6, 6.07) is 6.85. The fourth-order valence-electron chi connectivity index (χ4n) is 2.57. The molecule has 3 N–H and O–H groups in total. The lowest BCUT2D eigenvalue weighted by atomic mass is 10.1. The largest absolute Gasteiger partial charge is 0.378 e. The van der Waals surface area contributed by atoms with Gasteiger partial charge in [-0.1, -0.05) is 12.1 Å². The predicted octanol–water partition coefficient (Wildman–Crippen LogP) is 1.94. The van der Waals surface area contributed by atoms with E-state index in [4.69, 9.17) is 9.88 Å². The van der Waals surface area contributed by atoms with E-state index in [-0.39, 0.29) is 10.9 Å². The molecular weight excluding hydrogens is 288 g/mol. The lowest BCUT2D eigenvalue weighted by Crippen LogP contribution is -2.27. The van der Waals surface area contributed by atoms with Gasteiger partial charge in [0.05, 0.1) is 11.0 Å². The fraction of sp³-hybridized carbons (Fsp3) is 0.600. The number of nitrogens with one attached hydrogen (secondary N) is 1. The van der Waals surface area contributed by atoms with Crippen LogP contribution in [0.4, 0.5) is 0 Å².